The second kappa shape index (κ2) is 5.90. The molecular weight excluding hydrogens is 241 g/mol. The third-order valence-corrected chi connectivity index (χ3v) is 2.24. The lowest BCUT2D eigenvalue weighted by Crippen LogP contribution is -2.11. The molecule has 0 saturated heterocycles. The summed E-state index contributed by atoms with van der Waals surface area (Å²) in [4.78, 5) is 21.1. The van der Waals surface area contributed by atoms with Gasteiger partial charge in [0.05, 0.1) is 17.1 Å². The SMILES string of the molecule is C=C(C(=O)OCC)C(F)c1ccc([N+](=O)[O-])cc1. The van der Waals surface area contributed by atoms with Crippen molar-refractivity contribution in [3.63, 3.8) is 0 Å². The molecule has 0 aliphatic heterocycles. The fraction of sp³-hybridized carbons (Fsp3) is 0.250. The lowest BCUT2D eigenvalue weighted by molar-refractivity contribution is -0.384. The van der Waals surface area contributed by atoms with E-state index in [9.17, 15) is 19.3 Å². The molecule has 0 radical (unpaired) electrons. The largest absolute Gasteiger partial charge is 0.463 e. The molecule has 5 nitrogen and oxygen atoms in total. The highest BCUT2D eigenvalue weighted by atomic mass is 19.1. The van der Waals surface area contributed by atoms with Crippen molar-refractivity contribution in [2.24, 2.45) is 0 Å². The second-order valence-electron chi connectivity index (χ2n) is 3.46. The average molecular weight is 253 g/mol. The first-order chi connectivity index (χ1) is 8.47. The molecule has 1 atom stereocenters. The van der Waals surface area contributed by atoms with E-state index >= 15 is 0 Å². The smallest absolute Gasteiger partial charge is 0.336 e. The Labute approximate surface area is 103 Å². The molecule has 0 spiro atoms. The van der Waals surface area contributed by atoms with E-state index < -0.39 is 17.1 Å². The Kier molecular flexibility index (Phi) is 4.53. The summed E-state index contributed by atoms with van der Waals surface area (Å²) in [5.41, 5.74) is -0.350. The summed E-state index contributed by atoms with van der Waals surface area (Å²) in [7, 11) is 0. The Morgan fingerprint density at radius 1 is 1.50 bits per heavy atom. The number of rotatable bonds is 5. The highest BCUT2D eigenvalue weighted by molar-refractivity contribution is 5.89. The number of hydrogen-bond donors (Lipinski definition) is 0. The zero-order valence-electron chi connectivity index (χ0n) is 9.76. The molecule has 1 aromatic rings. The van der Waals surface area contributed by atoms with Gasteiger partial charge in [-0.25, -0.2) is 9.18 Å². The Morgan fingerprint density at radius 2 is 2.06 bits per heavy atom. The number of halogens is 1. The number of carbonyl (C=O) groups is 1. The summed E-state index contributed by atoms with van der Waals surface area (Å²) >= 11 is 0. The van der Waals surface area contributed by atoms with Gasteiger partial charge in [0, 0.05) is 12.1 Å². The van der Waals surface area contributed by atoms with E-state index in [1.807, 2.05) is 0 Å². The van der Waals surface area contributed by atoms with Crippen LogP contribution in [0.4, 0.5) is 10.1 Å². The van der Waals surface area contributed by atoms with Gasteiger partial charge in [-0.05, 0) is 24.6 Å². The molecule has 1 unspecified atom stereocenters. The van der Waals surface area contributed by atoms with Crippen LogP contribution in [0.25, 0.3) is 0 Å². The predicted octanol–water partition coefficient (Wildman–Crippen LogP) is 2.72. The lowest BCUT2D eigenvalue weighted by atomic mass is 10.0. The monoisotopic (exact) mass is 253 g/mol. The molecule has 96 valence electrons. The van der Waals surface area contributed by atoms with E-state index in [0.717, 1.165) is 0 Å². The third-order valence-electron chi connectivity index (χ3n) is 2.24. The molecule has 0 heterocycles. The van der Waals surface area contributed by atoms with E-state index in [4.69, 9.17) is 0 Å². The van der Waals surface area contributed by atoms with Crippen molar-refractivity contribution in [3.05, 3.63) is 52.1 Å². The molecule has 0 aliphatic rings. The summed E-state index contributed by atoms with van der Waals surface area (Å²) in [6.45, 7) is 5.05. The van der Waals surface area contributed by atoms with Gasteiger partial charge in [-0.2, -0.15) is 0 Å². The molecule has 1 rings (SSSR count). The summed E-state index contributed by atoms with van der Waals surface area (Å²) < 4.78 is 18.5. The zero-order chi connectivity index (χ0) is 13.7. The van der Waals surface area contributed by atoms with Gasteiger partial charge in [0.1, 0.15) is 0 Å². The number of benzene rings is 1. The number of hydrogen-bond acceptors (Lipinski definition) is 4. The number of alkyl halides is 1. The summed E-state index contributed by atoms with van der Waals surface area (Å²) in [5, 5.41) is 10.4. The van der Waals surface area contributed by atoms with Gasteiger partial charge >= 0.3 is 5.97 Å². The van der Waals surface area contributed by atoms with Crippen LogP contribution in [0.5, 0.6) is 0 Å². The van der Waals surface area contributed by atoms with E-state index in [1.165, 1.54) is 24.3 Å². The van der Waals surface area contributed by atoms with Crippen LogP contribution in [0.3, 0.4) is 0 Å². The van der Waals surface area contributed by atoms with Crippen molar-refractivity contribution in [3.8, 4) is 0 Å². The van der Waals surface area contributed by atoms with Crippen LogP contribution in [0, 0.1) is 10.1 Å². The fourth-order valence-corrected chi connectivity index (χ4v) is 1.29. The minimum absolute atomic E-state index is 0.124. The maximum Gasteiger partial charge on any atom is 0.336 e. The van der Waals surface area contributed by atoms with Crippen molar-refractivity contribution in [2.75, 3.05) is 6.61 Å². The number of carbonyl (C=O) groups excluding carboxylic acids is 1. The van der Waals surface area contributed by atoms with Gasteiger partial charge in [0.25, 0.3) is 5.69 Å². The number of nitrogens with zero attached hydrogens (tertiary/aromatic N) is 1. The van der Waals surface area contributed by atoms with Crippen molar-refractivity contribution >= 4 is 11.7 Å². The molecule has 6 heteroatoms. The van der Waals surface area contributed by atoms with Gasteiger partial charge in [0.15, 0.2) is 6.17 Å². The van der Waals surface area contributed by atoms with E-state index in [0.29, 0.717) is 0 Å². The standard InChI is InChI=1S/C12H12FNO4/c1-3-18-12(15)8(2)11(13)9-4-6-10(7-5-9)14(16)17/h4-7,11H,2-3H2,1H3. The second-order valence-corrected chi connectivity index (χ2v) is 3.46. The molecule has 18 heavy (non-hydrogen) atoms. The number of non-ortho nitro benzene ring substituents is 1. The van der Waals surface area contributed by atoms with E-state index in [1.54, 1.807) is 6.92 Å². The topological polar surface area (TPSA) is 69.4 Å². The molecule has 0 aromatic heterocycles. The molecule has 0 saturated carbocycles. The van der Waals surface area contributed by atoms with Gasteiger partial charge < -0.3 is 4.74 Å². The van der Waals surface area contributed by atoms with Crippen LogP contribution in [0.2, 0.25) is 0 Å². The zero-order valence-corrected chi connectivity index (χ0v) is 9.76. The predicted molar refractivity (Wildman–Crippen MR) is 62.7 cm³/mol. The van der Waals surface area contributed by atoms with Crippen LogP contribution < -0.4 is 0 Å². The molecule has 0 N–H and O–H groups in total. The maximum absolute atomic E-state index is 13.9. The first-order valence-electron chi connectivity index (χ1n) is 5.21. The molecule has 0 amide bonds. The first-order valence-corrected chi connectivity index (χ1v) is 5.21. The van der Waals surface area contributed by atoms with Crippen molar-refractivity contribution < 1.29 is 18.8 Å². The first kappa shape index (κ1) is 13.8. The Bertz CT molecular complexity index is 469. The summed E-state index contributed by atoms with van der Waals surface area (Å²) in [5.74, 6) is -0.816. The average Bonchev–Trinajstić information content (AvgIpc) is 2.37. The van der Waals surface area contributed by atoms with Gasteiger partial charge in [-0.1, -0.05) is 6.58 Å². The lowest BCUT2D eigenvalue weighted by Gasteiger charge is -2.10. The quantitative estimate of drug-likeness (QED) is 0.350. The van der Waals surface area contributed by atoms with Crippen LogP contribution in [-0.2, 0) is 9.53 Å². The van der Waals surface area contributed by atoms with Gasteiger partial charge in [-0.15, -0.1) is 0 Å². The molecule has 0 aliphatic carbocycles. The minimum atomic E-state index is -1.73. The van der Waals surface area contributed by atoms with E-state index in [-0.39, 0.29) is 23.4 Å². The molecule has 0 bridgehead atoms. The normalized spacial score (nSPS) is 11.7. The molecular formula is C12H12FNO4. The minimum Gasteiger partial charge on any atom is -0.463 e. The van der Waals surface area contributed by atoms with Crippen LogP contribution in [0.15, 0.2) is 36.4 Å². The third kappa shape index (κ3) is 3.13. The van der Waals surface area contributed by atoms with Gasteiger partial charge in [-0.3, -0.25) is 10.1 Å². The van der Waals surface area contributed by atoms with Crippen molar-refractivity contribution in [2.45, 2.75) is 13.1 Å². The summed E-state index contributed by atoms with van der Waals surface area (Å²) in [6, 6.07) is 4.82. The highest BCUT2D eigenvalue weighted by Gasteiger charge is 2.21. The van der Waals surface area contributed by atoms with Crippen LogP contribution >= 0.6 is 0 Å². The number of nitro benzene ring substituents is 1. The van der Waals surface area contributed by atoms with Crippen LogP contribution in [-0.4, -0.2) is 17.5 Å². The van der Waals surface area contributed by atoms with Crippen LogP contribution in [0.1, 0.15) is 18.7 Å². The van der Waals surface area contributed by atoms with Gasteiger partial charge in [0.2, 0.25) is 0 Å². The maximum atomic E-state index is 13.9. The molecule has 0 fully saturated rings. The fourth-order valence-electron chi connectivity index (χ4n) is 1.29. The highest BCUT2D eigenvalue weighted by Crippen LogP contribution is 2.27. The Morgan fingerprint density at radius 3 is 2.50 bits per heavy atom. The number of ether oxygens (including phenoxy) is 1. The van der Waals surface area contributed by atoms with E-state index in [2.05, 4.69) is 11.3 Å². The van der Waals surface area contributed by atoms with Crippen molar-refractivity contribution in [1.29, 1.82) is 0 Å². The summed E-state index contributed by atoms with van der Waals surface area (Å²) in [6.07, 6.45) is -1.73. The van der Waals surface area contributed by atoms with Crippen molar-refractivity contribution in [1.82, 2.24) is 0 Å². The Balaban J connectivity index is 2.84. The molecule has 1 aromatic carbocycles. The number of esters is 1. The number of nitro groups is 1. The Hall–Kier alpha value is -2.24.